The van der Waals surface area contributed by atoms with Gasteiger partial charge in [-0.05, 0) is 38.9 Å². The summed E-state index contributed by atoms with van der Waals surface area (Å²) >= 11 is 0. The van der Waals surface area contributed by atoms with Crippen LogP contribution in [0.5, 0.6) is 0 Å². The highest BCUT2D eigenvalue weighted by Crippen LogP contribution is 2.35. The lowest BCUT2D eigenvalue weighted by atomic mass is 9.83. The number of benzene rings is 1. The van der Waals surface area contributed by atoms with Gasteiger partial charge in [-0.1, -0.05) is 23.8 Å². The average Bonchev–Trinajstić information content (AvgIpc) is 2.38. The molecule has 1 atom stereocenters. The molecule has 0 saturated carbocycles. The Morgan fingerprint density at radius 3 is 2.38 bits per heavy atom. The molecule has 0 radical (unpaired) electrons. The number of carboxylic acids is 1. The maximum absolute atomic E-state index is 11.4. The van der Waals surface area contributed by atoms with Crippen LogP contribution in [0.4, 0.5) is 0 Å². The minimum absolute atomic E-state index is 0.139. The predicted octanol–water partition coefficient (Wildman–Crippen LogP) is 2.24. The number of likely N-dealkylation sites (N-methyl/N-ethyl adjacent to an activating group) is 1. The minimum atomic E-state index is -0.739. The van der Waals surface area contributed by atoms with Crippen LogP contribution >= 0.6 is 0 Å². The lowest BCUT2D eigenvalue weighted by Gasteiger charge is -2.45. The van der Waals surface area contributed by atoms with E-state index < -0.39 is 11.5 Å². The van der Waals surface area contributed by atoms with Crippen LogP contribution in [-0.2, 0) is 10.3 Å². The Kier molecular flexibility index (Phi) is 4.69. The molecule has 0 spiro atoms. The van der Waals surface area contributed by atoms with E-state index in [2.05, 4.69) is 55.8 Å². The van der Waals surface area contributed by atoms with E-state index in [-0.39, 0.29) is 6.42 Å². The maximum Gasteiger partial charge on any atom is 0.305 e. The second-order valence-corrected chi connectivity index (χ2v) is 6.45. The van der Waals surface area contributed by atoms with Crippen molar-refractivity contribution in [1.82, 2.24) is 9.80 Å². The zero-order valence-corrected chi connectivity index (χ0v) is 13.5. The molecule has 0 aliphatic carbocycles. The van der Waals surface area contributed by atoms with Gasteiger partial charge in [0.1, 0.15) is 0 Å². The highest BCUT2D eigenvalue weighted by atomic mass is 16.4. The molecule has 2 rings (SSSR count). The first kappa shape index (κ1) is 16.0. The summed E-state index contributed by atoms with van der Waals surface area (Å²) in [4.78, 5) is 16.1. The van der Waals surface area contributed by atoms with E-state index in [4.69, 9.17) is 0 Å². The number of hydrogen-bond acceptors (Lipinski definition) is 3. The smallest absolute Gasteiger partial charge is 0.305 e. The summed E-state index contributed by atoms with van der Waals surface area (Å²) in [5.41, 5.74) is 3.09. The molecule has 1 aliphatic rings. The Balaban J connectivity index is 2.38. The van der Waals surface area contributed by atoms with Gasteiger partial charge in [-0.2, -0.15) is 0 Å². The van der Waals surface area contributed by atoms with Gasteiger partial charge in [-0.15, -0.1) is 0 Å². The lowest BCUT2D eigenvalue weighted by Crippen LogP contribution is -2.54. The largest absolute Gasteiger partial charge is 0.481 e. The summed E-state index contributed by atoms with van der Waals surface area (Å²) in [6.07, 6.45) is 0.139. The fraction of sp³-hybridized carbons (Fsp3) is 0.588. The zero-order valence-electron chi connectivity index (χ0n) is 13.5. The third kappa shape index (κ3) is 3.44. The number of rotatable bonds is 4. The average molecular weight is 290 g/mol. The Bertz CT molecular complexity index is 522. The van der Waals surface area contributed by atoms with Crippen molar-refractivity contribution in [2.24, 2.45) is 0 Å². The van der Waals surface area contributed by atoms with Gasteiger partial charge < -0.3 is 10.0 Å². The number of aliphatic carboxylic acids is 1. The predicted molar refractivity (Wildman–Crippen MR) is 84.6 cm³/mol. The standard InChI is InChI=1S/C17H26N2O2/c1-13-5-6-15(14(2)11-13)17(3,12-16(20)21)19-9-7-18(4)8-10-19/h5-6,11H,7-10,12H2,1-4H3,(H,20,21). The van der Waals surface area contributed by atoms with Crippen molar-refractivity contribution in [1.29, 1.82) is 0 Å². The first-order valence-corrected chi connectivity index (χ1v) is 7.56. The first-order chi connectivity index (χ1) is 9.83. The van der Waals surface area contributed by atoms with Crippen LogP contribution in [0.2, 0.25) is 0 Å². The molecule has 1 unspecified atom stereocenters. The van der Waals surface area contributed by atoms with Gasteiger partial charge in [0.15, 0.2) is 0 Å². The monoisotopic (exact) mass is 290 g/mol. The van der Waals surface area contributed by atoms with Gasteiger partial charge in [0.2, 0.25) is 0 Å². The summed E-state index contributed by atoms with van der Waals surface area (Å²) < 4.78 is 0. The molecule has 1 heterocycles. The molecule has 1 aromatic carbocycles. The van der Waals surface area contributed by atoms with Crippen molar-refractivity contribution in [3.63, 3.8) is 0 Å². The minimum Gasteiger partial charge on any atom is -0.481 e. The second kappa shape index (κ2) is 6.16. The summed E-state index contributed by atoms with van der Waals surface area (Å²) in [5.74, 6) is -0.739. The quantitative estimate of drug-likeness (QED) is 0.923. The molecule has 0 aromatic heterocycles. The second-order valence-electron chi connectivity index (χ2n) is 6.45. The summed E-state index contributed by atoms with van der Waals surface area (Å²) in [7, 11) is 2.11. The fourth-order valence-electron chi connectivity index (χ4n) is 3.39. The molecule has 21 heavy (non-hydrogen) atoms. The van der Waals surface area contributed by atoms with E-state index in [1.54, 1.807) is 0 Å². The molecule has 4 nitrogen and oxygen atoms in total. The third-order valence-electron chi connectivity index (χ3n) is 4.66. The van der Waals surface area contributed by atoms with Crippen molar-refractivity contribution in [2.75, 3.05) is 33.2 Å². The Labute approximate surface area is 127 Å². The number of piperazine rings is 1. The Morgan fingerprint density at radius 2 is 1.86 bits per heavy atom. The molecule has 1 aliphatic heterocycles. The fourth-order valence-corrected chi connectivity index (χ4v) is 3.39. The summed E-state index contributed by atoms with van der Waals surface area (Å²) in [6.45, 7) is 10.0. The number of carbonyl (C=O) groups is 1. The van der Waals surface area contributed by atoms with Crippen LogP contribution < -0.4 is 0 Å². The van der Waals surface area contributed by atoms with Gasteiger partial charge >= 0.3 is 5.97 Å². The van der Waals surface area contributed by atoms with Crippen molar-refractivity contribution in [2.45, 2.75) is 32.7 Å². The topological polar surface area (TPSA) is 43.8 Å². The van der Waals surface area contributed by atoms with E-state index in [1.165, 1.54) is 11.1 Å². The Morgan fingerprint density at radius 1 is 1.24 bits per heavy atom. The van der Waals surface area contributed by atoms with E-state index in [1.807, 2.05) is 0 Å². The maximum atomic E-state index is 11.4. The van der Waals surface area contributed by atoms with Crippen LogP contribution in [0, 0.1) is 13.8 Å². The first-order valence-electron chi connectivity index (χ1n) is 7.56. The lowest BCUT2D eigenvalue weighted by molar-refractivity contribution is -0.140. The van der Waals surface area contributed by atoms with Crippen LogP contribution in [0.25, 0.3) is 0 Å². The molecular weight excluding hydrogens is 264 g/mol. The molecular formula is C17H26N2O2. The van der Waals surface area contributed by atoms with Crippen molar-refractivity contribution < 1.29 is 9.90 Å². The van der Waals surface area contributed by atoms with Crippen LogP contribution in [-0.4, -0.2) is 54.1 Å². The van der Waals surface area contributed by atoms with Crippen molar-refractivity contribution in [3.05, 3.63) is 34.9 Å². The Hall–Kier alpha value is -1.39. The van der Waals surface area contributed by atoms with Crippen molar-refractivity contribution in [3.8, 4) is 0 Å². The van der Waals surface area contributed by atoms with Gasteiger partial charge in [0, 0.05) is 26.2 Å². The SMILES string of the molecule is Cc1ccc(C(C)(CC(=O)O)N2CCN(C)CC2)c(C)c1. The number of carboxylic acid groups (broad SMARTS) is 1. The zero-order chi connectivity index (χ0) is 15.6. The van der Waals surface area contributed by atoms with Gasteiger partial charge in [-0.3, -0.25) is 9.69 Å². The number of aryl methyl sites for hydroxylation is 2. The van der Waals surface area contributed by atoms with E-state index in [9.17, 15) is 9.90 Å². The number of hydrogen-bond donors (Lipinski definition) is 1. The third-order valence-corrected chi connectivity index (χ3v) is 4.66. The summed E-state index contributed by atoms with van der Waals surface area (Å²) in [6, 6.07) is 6.33. The van der Waals surface area contributed by atoms with E-state index in [0.29, 0.717) is 0 Å². The molecule has 1 N–H and O–H groups in total. The highest BCUT2D eigenvalue weighted by molar-refractivity contribution is 5.69. The van der Waals surface area contributed by atoms with Crippen molar-refractivity contribution >= 4 is 5.97 Å². The highest BCUT2D eigenvalue weighted by Gasteiger charge is 2.38. The van der Waals surface area contributed by atoms with Crippen LogP contribution in [0.15, 0.2) is 18.2 Å². The van der Waals surface area contributed by atoms with Gasteiger partial charge in [-0.25, -0.2) is 0 Å². The van der Waals surface area contributed by atoms with Gasteiger partial charge in [0.05, 0.1) is 12.0 Å². The molecule has 0 bridgehead atoms. The molecule has 1 aromatic rings. The van der Waals surface area contributed by atoms with Gasteiger partial charge in [0.25, 0.3) is 0 Å². The van der Waals surface area contributed by atoms with Crippen LogP contribution in [0.3, 0.4) is 0 Å². The molecule has 0 amide bonds. The molecule has 1 saturated heterocycles. The molecule has 116 valence electrons. The van der Waals surface area contributed by atoms with E-state index >= 15 is 0 Å². The molecule has 4 heteroatoms. The van der Waals surface area contributed by atoms with E-state index in [0.717, 1.165) is 31.7 Å². The normalized spacial score (nSPS) is 20.2. The summed E-state index contributed by atoms with van der Waals surface area (Å²) in [5, 5.41) is 9.40. The molecule has 1 fully saturated rings. The van der Waals surface area contributed by atoms with Crippen LogP contribution in [0.1, 0.15) is 30.0 Å². The number of nitrogens with zero attached hydrogens (tertiary/aromatic N) is 2.